The molecule has 0 N–H and O–H groups in total. The number of allylic oxidation sites excluding steroid dienone is 12. The van der Waals surface area contributed by atoms with Gasteiger partial charge in [-0.3, -0.25) is 14.4 Å². The van der Waals surface area contributed by atoms with E-state index in [1.54, 1.807) is 0 Å². The van der Waals surface area contributed by atoms with Gasteiger partial charge in [-0.15, -0.1) is 0 Å². The number of carbonyl (C=O) groups is 3. The summed E-state index contributed by atoms with van der Waals surface area (Å²) < 4.78 is 16.8. The van der Waals surface area contributed by atoms with E-state index >= 15 is 0 Å². The van der Waals surface area contributed by atoms with Crippen LogP contribution in [0.4, 0.5) is 0 Å². The fourth-order valence-electron chi connectivity index (χ4n) is 9.17. The minimum absolute atomic E-state index is 0.0765. The molecule has 1 unspecified atom stereocenters. The Hall–Kier alpha value is -3.15. The molecule has 0 saturated heterocycles. The fraction of sp³-hybridized carbons (Fsp3) is 0.779. The first kappa shape index (κ1) is 70.8. The average molecular weight is 1030 g/mol. The van der Waals surface area contributed by atoms with Crippen molar-refractivity contribution in [2.75, 3.05) is 13.2 Å². The van der Waals surface area contributed by atoms with Gasteiger partial charge in [0, 0.05) is 19.3 Å². The van der Waals surface area contributed by atoms with Gasteiger partial charge in [0.05, 0.1) is 0 Å². The van der Waals surface area contributed by atoms with Crippen molar-refractivity contribution < 1.29 is 28.6 Å². The lowest BCUT2D eigenvalue weighted by Gasteiger charge is -2.18. The molecule has 0 aromatic heterocycles. The first-order chi connectivity index (χ1) is 36.5. The molecule has 74 heavy (non-hydrogen) atoms. The maximum absolute atomic E-state index is 12.8. The number of unbranched alkanes of at least 4 members (excludes halogenated alkanes) is 35. The summed E-state index contributed by atoms with van der Waals surface area (Å²) in [5.74, 6) is -0.883. The highest BCUT2D eigenvalue weighted by Crippen LogP contribution is 2.17. The zero-order valence-corrected chi connectivity index (χ0v) is 49.1. The van der Waals surface area contributed by atoms with E-state index < -0.39 is 6.10 Å². The number of carbonyl (C=O) groups excluding carboxylic acids is 3. The second-order valence-corrected chi connectivity index (χ2v) is 21.3. The summed E-state index contributed by atoms with van der Waals surface area (Å²) in [6.45, 7) is 6.49. The predicted octanol–water partition coefficient (Wildman–Crippen LogP) is 21.7. The van der Waals surface area contributed by atoms with E-state index in [1.165, 1.54) is 173 Å². The van der Waals surface area contributed by atoms with Crippen molar-refractivity contribution in [3.63, 3.8) is 0 Å². The number of ether oxygens (including phenoxy) is 3. The van der Waals surface area contributed by atoms with Crippen LogP contribution >= 0.6 is 0 Å². The van der Waals surface area contributed by atoms with Gasteiger partial charge in [0.15, 0.2) is 6.10 Å². The SMILES string of the molecule is CC/C=C\C/C=C\C/C=C\C/C=C\CCCCCCCCCCCCCCCCCCCCCCC(=O)OCC(COC(=O)CCCCCCCCC)OC(=O)CCCCCCC/C=C\C/C=C\CCCCCC. The van der Waals surface area contributed by atoms with Gasteiger partial charge in [-0.25, -0.2) is 0 Å². The Kier molecular flexibility index (Phi) is 59.7. The van der Waals surface area contributed by atoms with Crippen LogP contribution < -0.4 is 0 Å². The van der Waals surface area contributed by atoms with Crippen LogP contribution in [0.5, 0.6) is 0 Å². The van der Waals surface area contributed by atoms with Gasteiger partial charge >= 0.3 is 17.9 Å². The van der Waals surface area contributed by atoms with Crippen molar-refractivity contribution in [2.45, 2.75) is 329 Å². The van der Waals surface area contributed by atoms with E-state index in [2.05, 4.69) is 93.7 Å². The molecule has 0 aromatic carbocycles. The Labute approximate surface area is 459 Å². The molecule has 0 aliphatic carbocycles. The molecule has 428 valence electrons. The van der Waals surface area contributed by atoms with Gasteiger partial charge < -0.3 is 14.2 Å². The topological polar surface area (TPSA) is 78.9 Å². The quantitative estimate of drug-likeness (QED) is 0.0261. The molecule has 0 saturated carbocycles. The lowest BCUT2D eigenvalue weighted by molar-refractivity contribution is -0.167. The highest BCUT2D eigenvalue weighted by Gasteiger charge is 2.19. The lowest BCUT2D eigenvalue weighted by atomic mass is 10.0. The fourth-order valence-corrected chi connectivity index (χ4v) is 9.17. The van der Waals surface area contributed by atoms with E-state index in [-0.39, 0.29) is 31.1 Å². The predicted molar refractivity (Wildman–Crippen MR) is 321 cm³/mol. The van der Waals surface area contributed by atoms with E-state index in [1.807, 2.05) is 0 Å². The van der Waals surface area contributed by atoms with Crippen LogP contribution in [0, 0.1) is 0 Å². The second kappa shape index (κ2) is 62.4. The van der Waals surface area contributed by atoms with Gasteiger partial charge in [-0.2, -0.15) is 0 Å². The third kappa shape index (κ3) is 59.7. The number of hydrogen-bond acceptors (Lipinski definition) is 6. The van der Waals surface area contributed by atoms with Crippen molar-refractivity contribution in [1.29, 1.82) is 0 Å². The normalized spacial score (nSPS) is 12.5. The van der Waals surface area contributed by atoms with E-state index in [0.717, 1.165) is 109 Å². The maximum atomic E-state index is 12.8. The maximum Gasteiger partial charge on any atom is 0.306 e. The van der Waals surface area contributed by atoms with Crippen LogP contribution in [0.2, 0.25) is 0 Å². The summed E-state index contributed by atoms with van der Waals surface area (Å²) in [4.78, 5) is 38.0. The summed E-state index contributed by atoms with van der Waals surface area (Å²) in [5.41, 5.74) is 0. The van der Waals surface area contributed by atoms with Crippen LogP contribution in [0.25, 0.3) is 0 Å². The first-order valence-electron chi connectivity index (χ1n) is 31.9. The summed E-state index contributed by atoms with van der Waals surface area (Å²) in [6, 6.07) is 0. The minimum atomic E-state index is -0.777. The van der Waals surface area contributed by atoms with Crippen LogP contribution in [0.1, 0.15) is 323 Å². The van der Waals surface area contributed by atoms with Gasteiger partial charge in [-0.05, 0) is 89.9 Å². The molecule has 0 aliphatic heterocycles. The van der Waals surface area contributed by atoms with Gasteiger partial charge in [0.25, 0.3) is 0 Å². The van der Waals surface area contributed by atoms with Crippen molar-refractivity contribution in [3.05, 3.63) is 72.9 Å². The molecule has 0 amide bonds. The molecule has 0 rings (SSSR count). The van der Waals surface area contributed by atoms with E-state index in [4.69, 9.17) is 14.2 Å². The molecule has 0 aromatic rings. The Morgan fingerprint density at radius 3 is 0.838 bits per heavy atom. The molecule has 0 heterocycles. The highest BCUT2D eigenvalue weighted by atomic mass is 16.6. The smallest absolute Gasteiger partial charge is 0.306 e. The molecular formula is C68H120O6. The molecule has 6 nitrogen and oxygen atoms in total. The highest BCUT2D eigenvalue weighted by molar-refractivity contribution is 5.71. The summed E-state index contributed by atoms with van der Waals surface area (Å²) in [6.07, 6.45) is 80.9. The van der Waals surface area contributed by atoms with Crippen LogP contribution in [-0.4, -0.2) is 37.2 Å². The molecular weight excluding hydrogens is 913 g/mol. The van der Waals surface area contributed by atoms with Crippen molar-refractivity contribution >= 4 is 17.9 Å². The average Bonchev–Trinajstić information content (AvgIpc) is 3.40. The van der Waals surface area contributed by atoms with Crippen molar-refractivity contribution in [1.82, 2.24) is 0 Å². The molecule has 0 bridgehead atoms. The third-order valence-corrected chi connectivity index (χ3v) is 13.9. The Morgan fingerprint density at radius 1 is 0.284 bits per heavy atom. The Bertz CT molecular complexity index is 1370. The molecule has 0 fully saturated rings. The molecule has 0 aliphatic rings. The summed E-state index contributed by atoms with van der Waals surface area (Å²) in [7, 11) is 0. The second-order valence-electron chi connectivity index (χ2n) is 21.3. The number of hydrogen-bond donors (Lipinski definition) is 0. The number of esters is 3. The van der Waals surface area contributed by atoms with Crippen LogP contribution in [0.3, 0.4) is 0 Å². The van der Waals surface area contributed by atoms with Gasteiger partial charge in [-0.1, -0.05) is 286 Å². The van der Waals surface area contributed by atoms with Gasteiger partial charge in [0.2, 0.25) is 0 Å². The zero-order valence-electron chi connectivity index (χ0n) is 49.1. The largest absolute Gasteiger partial charge is 0.462 e. The summed E-state index contributed by atoms with van der Waals surface area (Å²) in [5, 5.41) is 0. The zero-order chi connectivity index (χ0) is 53.6. The van der Waals surface area contributed by atoms with Crippen LogP contribution in [-0.2, 0) is 28.6 Å². The molecule has 0 radical (unpaired) electrons. The van der Waals surface area contributed by atoms with E-state index in [0.29, 0.717) is 19.3 Å². The third-order valence-electron chi connectivity index (χ3n) is 13.9. The van der Waals surface area contributed by atoms with E-state index in [9.17, 15) is 14.4 Å². The summed E-state index contributed by atoms with van der Waals surface area (Å²) >= 11 is 0. The Balaban J connectivity index is 4.00. The lowest BCUT2D eigenvalue weighted by Crippen LogP contribution is -2.30. The monoisotopic (exact) mass is 1030 g/mol. The minimum Gasteiger partial charge on any atom is -0.462 e. The first-order valence-corrected chi connectivity index (χ1v) is 31.9. The molecule has 0 spiro atoms. The van der Waals surface area contributed by atoms with Crippen molar-refractivity contribution in [3.8, 4) is 0 Å². The van der Waals surface area contributed by atoms with Crippen molar-refractivity contribution in [2.24, 2.45) is 0 Å². The van der Waals surface area contributed by atoms with Gasteiger partial charge in [0.1, 0.15) is 13.2 Å². The van der Waals surface area contributed by atoms with Crippen LogP contribution in [0.15, 0.2) is 72.9 Å². The number of rotatable bonds is 58. The molecule has 6 heteroatoms. The molecule has 1 atom stereocenters. The Morgan fingerprint density at radius 2 is 0.527 bits per heavy atom. The standard InChI is InChI=1S/C68H120O6/c1-4-7-10-13-16-18-20-22-24-26-27-28-29-30-31-32-33-34-35-36-37-38-39-40-41-42-44-45-47-49-52-55-58-61-67(70)73-64-65(63-72-66(69)60-57-54-51-15-12-9-6-3)74-68(71)62-59-56-53-50-48-46-43-25-23-21-19-17-14-11-8-5-2/h7,10,16,18-19,21-22,24-25,27-28,43,65H,4-6,8-9,11-15,17,20,23,26,29-42,44-64H2,1-3H3/b10-7-,18-16-,21-19-,24-22-,28-27-,43-25-.